The van der Waals surface area contributed by atoms with E-state index in [1.165, 1.54) is 18.0 Å². The Morgan fingerprint density at radius 2 is 1.94 bits per heavy atom. The second-order valence-corrected chi connectivity index (χ2v) is 9.95. The van der Waals surface area contributed by atoms with Gasteiger partial charge in [-0.15, -0.1) is 5.10 Å². The average molecular weight is 500 g/mol. The quantitative estimate of drug-likeness (QED) is 0.482. The van der Waals surface area contributed by atoms with Gasteiger partial charge in [0.25, 0.3) is 0 Å². The van der Waals surface area contributed by atoms with Crippen LogP contribution in [-0.2, 0) is 48.7 Å². The van der Waals surface area contributed by atoms with Crippen LogP contribution in [0.15, 0.2) is 30.5 Å². The lowest BCUT2D eigenvalue weighted by Gasteiger charge is -2.28. The van der Waals surface area contributed by atoms with Crippen molar-refractivity contribution in [3.05, 3.63) is 46.7 Å². The molecule has 1 aliphatic heterocycles. The first-order valence-electron chi connectivity index (χ1n) is 10.3. The molecule has 3 rings (SSSR count). The number of rotatable bonds is 8. The molecule has 2 heterocycles. The van der Waals surface area contributed by atoms with E-state index in [9.17, 15) is 18.0 Å². The van der Waals surface area contributed by atoms with Crippen molar-refractivity contribution in [1.82, 2.24) is 24.2 Å². The summed E-state index contributed by atoms with van der Waals surface area (Å²) >= 11 is 5.94. The molecule has 2 aromatic rings. The Labute approximate surface area is 197 Å². The summed E-state index contributed by atoms with van der Waals surface area (Å²) in [4.78, 5) is 26.1. The number of carbonyl (C=O) groups is 2. The van der Waals surface area contributed by atoms with E-state index in [0.717, 1.165) is 9.87 Å². The lowest BCUT2D eigenvalue weighted by atomic mass is 10.2. The van der Waals surface area contributed by atoms with Crippen LogP contribution in [0.1, 0.15) is 18.2 Å². The number of ether oxygens (including phenoxy) is 2. The third-order valence-electron chi connectivity index (χ3n) is 5.09. The number of carbonyl (C=O) groups excluding carboxylic acids is 2. The zero-order valence-electron chi connectivity index (χ0n) is 18.4. The SMILES string of the molecule is CCOC(=O)Cn1cc(CN2C(C(=O)OC)CN(Cc3ccc(Cl)cc3)CCS2(=O)=O)nn1. The molecule has 0 aliphatic carbocycles. The van der Waals surface area contributed by atoms with Crippen LogP contribution in [0.25, 0.3) is 0 Å². The molecule has 1 saturated heterocycles. The molecule has 0 amide bonds. The van der Waals surface area contributed by atoms with Crippen molar-refractivity contribution in [2.24, 2.45) is 0 Å². The molecule has 0 N–H and O–H groups in total. The van der Waals surface area contributed by atoms with Crippen molar-refractivity contribution in [1.29, 1.82) is 0 Å². The molecular formula is C20H26ClN5O6S. The normalized spacial score (nSPS) is 19.1. The van der Waals surface area contributed by atoms with E-state index in [4.69, 9.17) is 21.1 Å². The van der Waals surface area contributed by atoms with E-state index in [0.29, 0.717) is 17.3 Å². The van der Waals surface area contributed by atoms with E-state index in [2.05, 4.69) is 10.3 Å². The molecule has 180 valence electrons. The van der Waals surface area contributed by atoms with Gasteiger partial charge in [0, 0.05) is 24.7 Å². The fraction of sp³-hybridized carbons (Fsp3) is 0.500. The molecule has 11 nitrogen and oxygen atoms in total. The van der Waals surface area contributed by atoms with Crippen LogP contribution in [0.3, 0.4) is 0 Å². The molecule has 1 aliphatic rings. The van der Waals surface area contributed by atoms with Crippen LogP contribution >= 0.6 is 11.6 Å². The topological polar surface area (TPSA) is 124 Å². The number of aromatic nitrogens is 3. The van der Waals surface area contributed by atoms with Gasteiger partial charge < -0.3 is 9.47 Å². The second-order valence-electron chi connectivity index (χ2n) is 7.47. The number of sulfonamides is 1. The minimum Gasteiger partial charge on any atom is -0.468 e. The minimum absolute atomic E-state index is 0.144. The smallest absolute Gasteiger partial charge is 0.327 e. The molecular weight excluding hydrogens is 474 g/mol. The summed E-state index contributed by atoms with van der Waals surface area (Å²) in [5.41, 5.74) is 1.23. The largest absolute Gasteiger partial charge is 0.468 e. The van der Waals surface area contributed by atoms with Crippen molar-refractivity contribution >= 4 is 33.6 Å². The maximum absolute atomic E-state index is 13.1. The Bertz CT molecular complexity index is 1070. The fourth-order valence-corrected chi connectivity index (χ4v) is 5.22. The predicted molar refractivity (Wildman–Crippen MR) is 119 cm³/mol. The number of benzene rings is 1. The minimum atomic E-state index is -3.82. The Morgan fingerprint density at radius 3 is 2.61 bits per heavy atom. The van der Waals surface area contributed by atoms with Gasteiger partial charge >= 0.3 is 11.9 Å². The first kappa shape index (κ1) is 25.1. The Morgan fingerprint density at radius 1 is 1.21 bits per heavy atom. The number of methoxy groups -OCH3 is 1. The van der Waals surface area contributed by atoms with Gasteiger partial charge in [0.05, 0.1) is 37.9 Å². The molecule has 1 fully saturated rings. The van der Waals surface area contributed by atoms with Crippen molar-refractivity contribution < 1.29 is 27.5 Å². The number of esters is 2. The van der Waals surface area contributed by atoms with Gasteiger partial charge in [0.15, 0.2) is 0 Å². The average Bonchev–Trinajstić information content (AvgIpc) is 3.17. The molecule has 0 radical (unpaired) electrons. The summed E-state index contributed by atoms with van der Waals surface area (Å²) in [5.74, 6) is -1.33. The third kappa shape index (κ3) is 6.73. The highest BCUT2D eigenvalue weighted by Crippen LogP contribution is 2.21. The van der Waals surface area contributed by atoms with Crippen LogP contribution in [-0.4, -0.2) is 83.2 Å². The van der Waals surface area contributed by atoms with Gasteiger partial charge in [-0.2, -0.15) is 4.31 Å². The van der Waals surface area contributed by atoms with Gasteiger partial charge in [0.1, 0.15) is 12.6 Å². The number of hydrogen-bond acceptors (Lipinski definition) is 9. The Balaban J connectivity index is 1.80. The zero-order valence-corrected chi connectivity index (χ0v) is 20.0. The first-order valence-corrected chi connectivity index (χ1v) is 12.3. The fourth-order valence-electron chi connectivity index (χ4n) is 3.50. The number of halogens is 1. The highest BCUT2D eigenvalue weighted by Gasteiger charge is 2.40. The van der Waals surface area contributed by atoms with Gasteiger partial charge in [-0.05, 0) is 24.6 Å². The van der Waals surface area contributed by atoms with Crippen molar-refractivity contribution in [2.75, 3.05) is 32.6 Å². The summed E-state index contributed by atoms with van der Waals surface area (Å²) in [6.07, 6.45) is 1.46. The number of nitrogens with zero attached hydrogens (tertiary/aromatic N) is 5. The Hall–Kier alpha value is -2.54. The van der Waals surface area contributed by atoms with E-state index < -0.39 is 28.0 Å². The lowest BCUT2D eigenvalue weighted by molar-refractivity contribution is -0.146. The van der Waals surface area contributed by atoms with Gasteiger partial charge in [0.2, 0.25) is 10.0 Å². The number of hydrogen-bond donors (Lipinski definition) is 0. The molecule has 0 spiro atoms. The lowest BCUT2D eigenvalue weighted by Crippen LogP contribution is -2.48. The summed E-state index contributed by atoms with van der Waals surface area (Å²) in [6, 6.07) is 6.16. The van der Waals surface area contributed by atoms with Crippen LogP contribution in [0.4, 0.5) is 0 Å². The van der Waals surface area contributed by atoms with Crippen LogP contribution in [0.5, 0.6) is 0 Å². The molecule has 1 atom stereocenters. The summed E-state index contributed by atoms with van der Waals surface area (Å²) in [6.45, 7) is 2.43. The molecule has 1 aromatic carbocycles. The zero-order chi connectivity index (χ0) is 24.0. The van der Waals surface area contributed by atoms with Crippen molar-refractivity contribution in [2.45, 2.75) is 32.6 Å². The molecule has 33 heavy (non-hydrogen) atoms. The predicted octanol–water partition coefficient (Wildman–Crippen LogP) is 0.684. The Kier molecular flexibility index (Phi) is 8.40. The first-order chi connectivity index (χ1) is 15.7. The van der Waals surface area contributed by atoms with E-state index in [1.54, 1.807) is 19.1 Å². The van der Waals surface area contributed by atoms with Crippen molar-refractivity contribution in [3.63, 3.8) is 0 Å². The molecule has 1 unspecified atom stereocenters. The molecule has 0 saturated carbocycles. The maximum atomic E-state index is 13.1. The summed E-state index contributed by atoms with van der Waals surface area (Å²) in [5, 5.41) is 8.41. The van der Waals surface area contributed by atoms with Crippen LogP contribution in [0, 0.1) is 0 Å². The highest BCUT2D eigenvalue weighted by atomic mass is 35.5. The maximum Gasteiger partial charge on any atom is 0.327 e. The van der Waals surface area contributed by atoms with E-state index >= 15 is 0 Å². The van der Waals surface area contributed by atoms with Gasteiger partial charge in [-0.1, -0.05) is 28.9 Å². The second kappa shape index (κ2) is 11.1. The van der Waals surface area contributed by atoms with Gasteiger partial charge in [-0.3, -0.25) is 14.5 Å². The standard InChI is InChI=1S/C20H26ClN5O6S/c1-3-32-19(27)14-25-11-17(22-23-25)12-26-18(20(28)31-2)13-24(8-9-33(26,29)30)10-15-4-6-16(21)7-5-15/h4-7,11,18H,3,8-10,12-14H2,1-2H3. The monoisotopic (exact) mass is 499 g/mol. The van der Waals surface area contributed by atoms with Crippen LogP contribution < -0.4 is 0 Å². The van der Waals surface area contributed by atoms with E-state index in [-0.39, 0.29) is 38.5 Å². The molecule has 1 aromatic heterocycles. The highest BCUT2D eigenvalue weighted by molar-refractivity contribution is 7.89. The summed E-state index contributed by atoms with van der Waals surface area (Å²) < 4.78 is 38.3. The van der Waals surface area contributed by atoms with E-state index in [1.807, 2.05) is 17.0 Å². The van der Waals surface area contributed by atoms with Gasteiger partial charge in [-0.25, -0.2) is 13.1 Å². The summed E-state index contributed by atoms with van der Waals surface area (Å²) in [7, 11) is -2.60. The molecule has 13 heteroatoms. The van der Waals surface area contributed by atoms with Crippen LogP contribution in [0.2, 0.25) is 5.02 Å². The van der Waals surface area contributed by atoms with Crippen molar-refractivity contribution in [3.8, 4) is 0 Å². The third-order valence-corrected chi connectivity index (χ3v) is 7.14. The molecule has 0 bridgehead atoms.